The Morgan fingerprint density at radius 3 is 2.39 bits per heavy atom. The largest absolute Gasteiger partial charge is 0.480 e. The normalized spacial score (nSPS) is 20.2. The van der Waals surface area contributed by atoms with Crippen LogP contribution < -0.4 is 5.32 Å². The van der Waals surface area contributed by atoms with E-state index in [4.69, 9.17) is 5.11 Å². The van der Waals surface area contributed by atoms with Crippen molar-refractivity contribution in [2.24, 2.45) is 0 Å². The maximum absolute atomic E-state index is 13.7. The standard InChI is InChI=1S/C15H17BrF2N2O3/c1-2-20(7-13(21)22)10-5-9(6-10)19-15(23)14-11(17)3-8(16)4-12(14)18/h3-4,9-10H,2,5-7H2,1H3,(H,19,23)(H,21,22). The molecule has 0 spiro atoms. The van der Waals surface area contributed by atoms with Crippen LogP contribution in [0.25, 0.3) is 0 Å². The first kappa shape index (κ1) is 17.8. The minimum Gasteiger partial charge on any atom is -0.480 e. The topological polar surface area (TPSA) is 69.6 Å². The molecule has 8 heteroatoms. The van der Waals surface area contributed by atoms with Crippen molar-refractivity contribution in [2.75, 3.05) is 13.1 Å². The molecule has 1 aromatic rings. The molecule has 0 unspecified atom stereocenters. The van der Waals surface area contributed by atoms with Crippen LogP contribution in [0, 0.1) is 11.6 Å². The van der Waals surface area contributed by atoms with Gasteiger partial charge in [0.2, 0.25) is 0 Å². The molecule has 0 atom stereocenters. The molecule has 0 bridgehead atoms. The van der Waals surface area contributed by atoms with E-state index < -0.39 is 29.1 Å². The highest BCUT2D eigenvalue weighted by molar-refractivity contribution is 9.10. The monoisotopic (exact) mass is 390 g/mol. The van der Waals surface area contributed by atoms with E-state index in [-0.39, 0.29) is 23.1 Å². The number of carbonyl (C=O) groups is 2. The van der Waals surface area contributed by atoms with Crippen molar-refractivity contribution in [3.8, 4) is 0 Å². The Morgan fingerprint density at radius 1 is 1.35 bits per heavy atom. The van der Waals surface area contributed by atoms with E-state index in [2.05, 4.69) is 21.2 Å². The van der Waals surface area contributed by atoms with E-state index in [0.29, 0.717) is 19.4 Å². The summed E-state index contributed by atoms with van der Waals surface area (Å²) >= 11 is 2.96. The molecule has 1 aliphatic carbocycles. The zero-order valence-electron chi connectivity index (χ0n) is 12.5. The SMILES string of the molecule is CCN(CC(=O)O)C1CC(NC(=O)c2c(F)cc(Br)cc2F)C1. The summed E-state index contributed by atoms with van der Waals surface area (Å²) in [5.74, 6) is -3.55. The molecule has 0 aliphatic heterocycles. The molecule has 1 aromatic carbocycles. The van der Waals surface area contributed by atoms with Gasteiger partial charge in [0.05, 0.1) is 6.54 Å². The number of nitrogens with one attached hydrogen (secondary N) is 1. The number of rotatable bonds is 6. The number of halogens is 3. The van der Waals surface area contributed by atoms with E-state index in [1.54, 1.807) is 4.90 Å². The summed E-state index contributed by atoms with van der Waals surface area (Å²) in [4.78, 5) is 24.6. The van der Waals surface area contributed by atoms with Crippen LogP contribution in [-0.2, 0) is 4.79 Å². The van der Waals surface area contributed by atoms with E-state index in [1.165, 1.54) is 0 Å². The van der Waals surface area contributed by atoms with Crippen molar-refractivity contribution in [1.29, 1.82) is 0 Å². The van der Waals surface area contributed by atoms with Crippen LogP contribution in [0.3, 0.4) is 0 Å². The van der Waals surface area contributed by atoms with Crippen molar-refractivity contribution < 1.29 is 23.5 Å². The second kappa shape index (κ2) is 7.35. The van der Waals surface area contributed by atoms with Crippen molar-refractivity contribution >= 4 is 27.8 Å². The molecule has 0 aromatic heterocycles. The fraction of sp³-hybridized carbons (Fsp3) is 0.467. The molecule has 23 heavy (non-hydrogen) atoms. The zero-order chi connectivity index (χ0) is 17.1. The number of benzene rings is 1. The van der Waals surface area contributed by atoms with Gasteiger partial charge in [-0.15, -0.1) is 0 Å². The minimum atomic E-state index is -0.925. The Balaban J connectivity index is 1.93. The average molecular weight is 391 g/mol. The highest BCUT2D eigenvalue weighted by Crippen LogP contribution is 2.26. The van der Waals surface area contributed by atoms with Gasteiger partial charge in [-0.3, -0.25) is 14.5 Å². The van der Waals surface area contributed by atoms with Crippen LogP contribution in [0.5, 0.6) is 0 Å². The Bertz CT molecular complexity index is 598. The van der Waals surface area contributed by atoms with Gasteiger partial charge in [0.1, 0.15) is 17.2 Å². The quantitative estimate of drug-likeness (QED) is 0.782. The van der Waals surface area contributed by atoms with Crippen molar-refractivity contribution in [3.63, 3.8) is 0 Å². The van der Waals surface area contributed by atoms with Gasteiger partial charge in [-0.25, -0.2) is 8.78 Å². The lowest BCUT2D eigenvalue weighted by Crippen LogP contribution is -2.55. The summed E-state index contributed by atoms with van der Waals surface area (Å²) in [6.07, 6.45) is 1.12. The summed E-state index contributed by atoms with van der Waals surface area (Å²) in [6.45, 7) is 2.40. The summed E-state index contributed by atoms with van der Waals surface area (Å²) in [7, 11) is 0. The van der Waals surface area contributed by atoms with Crippen LogP contribution in [0.4, 0.5) is 8.78 Å². The van der Waals surface area contributed by atoms with Crippen LogP contribution in [0.1, 0.15) is 30.1 Å². The Labute approximate surface area is 140 Å². The first-order chi connectivity index (χ1) is 10.8. The third kappa shape index (κ3) is 4.26. The second-order valence-electron chi connectivity index (χ2n) is 5.50. The van der Waals surface area contributed by atoms with Crippen LogP contribution in [0.2, 0.25) is 0 Å². The summed E-state index contributed by atoms with van der Waals surface area (Å²) < 4.78 is 27.7. The molecule has 0 radical (unpaired) electrons. The molecular formula is C15H17BrF2N2O3. The highest BCUT2D eigenvalue weighted by Gasteiger charge is 2.35. The lowest BCUT2D eigenvalue weighted by Gasteiger charge is -2.42. The van der Waals surface area contributed by atoms with Crippen molar-refractivity contribution in [3.05, 3.63) is 33.8 Å². The zero-order valence-corrected chi connectivity index (χ0v) is 14.1. The molecule has 126 valence electrons. The molecule has 1 aliphatic rings. The first-order valence-corrected chi connectivity index (χ1v) is 8.02. The van der Waals surface area contributed by atoms with Gasteiger partial charge in [-0.2, -0.15) is 0 Å². The Morgan fingerprint density at radius 2 is 1.91 bits per heavy atom. The van der Waals surface area contributed by atoms with Crippen LogP contribution >= 0.6 is 15.9 Å². The second-order valence-corrected chi connectivity index (χ2v) is 6.41. The molecule has 1 fully saturated rings. The fourth-order valence-electron chi connectivity index (χ4n) is 2.69. The molecular weight excluding hydrogens is 374 g/mol. The number of hydrogen-bond acceptors (Lipinski definition) is 3. The van der Waals surface area contributed by atoms with Crippen molar-refractivity contribution in [2.45, 2.75) is 31.8 Å². The van der Waals surface area contributed by atoms with E-state index >= 15 is 0 Å². The predicted octanol–water partition coefficient (Wildman–Crippen LogP) is 2.39. The Hall–Kier alpha value is -1.54. The van der Waals surface area contributed by atoms with Gasteiger partial charge in [-0.1, -0.05) is 22.9 Å². The third-order valence-corrected chi connectivity index (χ3v) is 4.40. The summed E-state index contributed by atoms with van der Waals surface area (Å²) in [5, 5.41) is 11.4. The smallest absolute Gasteiger partial charge is 0.317 e. The van der Waals surface area contributed by atoms with E-state index in [1.807, 2.05) is 6.92 Å². The van der Waals surface area contributed by atoms with Crippen molar-refractivity contribution in [1.82, 2.24) is 10.2 Å². The number of carbonyl (C=O) groups excluding carboxylic acids is 1. The number of amides is 1. The van der Waals surface area contributed by atoms with Crippen LogP contribution in [-0.4, -0.2) is 47.1 Å². The lowest BCUT2D eigenvalue weighted by molar-refractivity contribution is -0.139. The molecule has 0 saturated heterocycles. The molecule has 1 saturated carbocycles. The molecule has 5 nitrogen and oxygen atoms in total. The number of carboxylic acids is 1. The highest BCUT2D eigenvalue weighted by atomic mass is 79.9. The van der Waals surface area contributed by atoms with Crippen LogP contribution in [0.15, 0.2) is 16.6 Å². The number of nitrogens with zero attached hydrogens (tertiary/aromatic N) is 1. The Kier molecular flexibility index (Phi) is 5.69. The first-order valence-electron chi connectivity index (χ1n) is 7.23. The molecule has 2 N–H and O–H groups in total. The summed E-state index contributed by atoms with van der Waals surface area (Å²) in [6, 6.07) is 1.92. The maximum Gasteiger partial charge on any atom is 0.317 e. The number of likely N-dealkylation sites (N-methyl/N-ethyl adjacent to an activating group) is 1. The molecule has 2 rings (SSSR count). The molecule has 1 amide bonds. The fourth-order valence-corrected chi connectivity index (χ4v) is 3.10. The van der Waals surface area contributed by atoms with Gasteiger partial charge >= 0.3 is 5.97 Å². The number of carboxylic acid groups (broad SMARTS) is 1. The van der Waals surface area contributed by atoms with Gasteiger partial charge in [0.25, 0.3) is 5.91 Å². The van der Waals surface area contributed by atoms with Gasteiger partial charge in [0, 0.05) is 16.6 Å². The van der Waals surface area contributed by atoms with E-state index in [9.17, 15) is 18.4 Å². The number of hydrogen-bond donors (Lipinski definition) is 2. The minimum absolute atomic E-state index is 0.0565. The average Bonchev–Trinajstić information content (AvgIpc) is 2.38. The third-order valence-electron chi connectivity index (χ3n) is 3.94. The molecule has 0 heterocycles. The summed E-state index contributed by atoms with van der Waals surface area (Å²) in [5.41, 5.74) is -0.602. The predicted molar refractivity (Wildman–Crippen MR) is 83.2 cm³/mol. The lowest BCUT2D eigenvalue weighted by atomic mass is 9.85. The van der Waals surface area contributed by atoms with E-state index in [0.717, 1.165) is 12.1 Å². The van der Waals surface area contributed by atoms with Gasteiger partial charge in [-0.05, 0) is 31.5 Å². The maximum atomic E-state index is 13.7. The number of aliphatic carboxylic acids is 1. The van der Waals surface area contributed by atoms with Gasteiger partial charge < -0.3 is 10.4 Å². The van der Waals surface area contributed by atoms with Gasteiger partial charge in [0.15, 0.2) is 0 Å².